The van der Waals surface area contributed by atoms with Crippen molar-refractivity contribution < 1.29 is 22.9 Å². The number of nitrogens with zero attached hydrogens (tertiary/aromatic N) is 1. The SMILES string of the molecule is CC(=O)c1ccc(C(F)(F)F)cc1[N+](=O)[O-]. The van der Waals surface area contributed by atoms with Gasteiger partial charge < -0.3 is 0 Å². The van der Waals surface area contributed by atoms with Gasteiger partial charge in [0, 0.05) is 6.07 Å². The number of benzene rings is 1. The van der Waals surface area contributed by atoms with E-state index in [9.17, 15) is 28.1 Å². The second-order valence-electron chi connectivity index (χ2n) is 3.04. The van der Waals surface area contributed by atoms with Crippen molar-refractivity contribution in [2.75, 3.05) is 0 Å². The molecule has 1 aromatic rings. The number of nitro groups is 1. The van der Waals surface area contributed by atoms with E-state index in [1.54, 1.807) is 0 Å². The third kappa shape index (κ3) is 2.36. The molecule has 0 bridgehead atoms. The molecular weight excluding hydrogens is 227 g/mol. The fraction of sp³-hybridized carbons (Fsp3) is 0.222. The lowest BCUT2D eigenvalue weighted by Crippen LogP contribution is -2.08. The van der Waals surface area contributed by atoms with Gasteiger partial charge in [-0.3, -0.25) is 14.9 Å². The van der Waals surface area contributed by atoms with Crippen LogP contribution < -0.4 is 0 Å². The average molecular weight is 233 g/mol. The van der Waals surface area contributed by atoms with Gasteiger partial charge in [-0.2, -0.15) is 13.2 Å². The van der Waals surface area contributed by atoms with E-state index in [4.69, 9.17) is 0 Å². The molecular formula is C9H6F3NO3. The first-order valence-electron chi connectivity index (χ1n) is 4.10. The van der Waals surface area contributed by atoms with Gasteiger partial charge in [-0.05, 0) is 19.1 Å². The minimum Gasteiger partial charge on any atom is -0.294 e. The van der Waals surface area contributed by atoms with Crippen LogP contribution in [0.3, 0.4) is 0 Å². The predicted octanol–water partition coefficient (Wildman–Crippen LogP) is 2.82. The Labute approximate surface area is 87.8 Å². The number of hydrogen-bond donors (Lipinski definition) is 0. The molecule has 0 atom stereocenters. The minimum atomic E-state index is -4.67. The smallest absolute Gasteiger partial charge is 0.294 e. The average Bonchev–Trinajstić information content (AvgIpc) is 2.15. The Hall–Kier alpha value is -1.92. The van der Waals surface area contributed by atoms with Crippen molar-refractivity contribution in [3.63, 3.8) is 0 Å². The first-order valence-corrected chi connectivity index (χ1v) is 4.10. The lowest BCUT2D eigenvalue weighted by Gasteiger charge is -2.07. The second kappa shape index (κ2) is 3.92. The van der Waals surface area contributed by atoms with Gasteiger partial charge in [0.2, 0.25) is 0 Å². The van der Waals surface area contributed by atoms with E-state index in [-0.39, 0.29) is 5.56 Å². The fourth-order valence-corrected chi connectivity index (χ4v) is 1.16. The van der Waals surface area contributed by atoms with E-state index < -0.39 is 28.1 Å². The topological polar surface area (TPSA) is 60.2 Å². The van der Waals surface area contributed by atoms with Gasteiger partial charge in [0.25, 0.3) is 5.69 Å². The van der Waals surface area contributed by atoms with Gasteiger partial charge in [-0.1, -0.05) is 0 Å². The molecule has 0 heterocycles. The highest BCUT2D eigenvalue weighted by atomic mass is 19.4. The molecule has 7 heteroatoms. The Balaban J connectivity index is 3.40. The summed E-state index contributed by atoms with van der Waals surface area (Å²) in [6.45, 7) is 1.05. The highest BCUT2D eigenvalue weighted by Crippen LogP contribution is 2.33. The van der Waals surface area contributed by atoms with Gasteiger partial charge in [0.15, 0.2) is 5.78 Å². The molecule has 0 fully saturated rings. The van der Waals surface area contributed by atoms with Crippen molar-refractivity contribution in [3.05, 3.63) is 39.4 Å². The number of halogens is 3. The molecule has 4 nitrogen and oxygen atoms in total. The van der Waals surface area contributed by atoms with Crippen LogP contribution in [0.1, 0.15) is 22.8 Å². The van der Waals surface area contributed by atoms with Crippen molar-refractivity contribution in [2.45, 2.75) is 13.1 Å². The molecule has 0 saturated carbocycles. The first-order chi connectivity index (χ1) is 7.23. The molecule has 1 rings (SSSR count). The zero-order chi connectivity index (χ0) is 12.5. The Morgan fingerprint density at radius 3 is 2.31 bits per heavy atom. The summed E-state index contributed by atoms with van der Waals surface area (Å²) < 4.78 is 36.8. The zero-order valence-electron chi connectivity index (χ0n) is 8.04. The molecule has 0 unspecified atom stereocenters. The van der Waals surface area contributed by atoms with E-state index in [0.29, 0.717) is 12.1 Å². The lowest BCUT2D eigenvalue weighted by atomic mass is 10.1. The van der Waals surface area contributed by atoms with Crippen molar-refractivity contribution >= 4 is 11.5 Å². The van der Waals surface area contributed by atoms with Crippen LogP contribution in [0.25, 0.3) is 0 Å². The molecule has 0 amide bonds. The summed E-state index contributed by atoms with van der Waals surface area (Å²) in [5.41, 5.74) is -2.32. The Bertz CT molecular complexity index is 454. The van der Waals surface area contributed by atoms with Gasteiger partial charge in [0.1, 0.15) is 0 Å². The molecule has 0 saturated heterocycles. The number of ketones is 1. The number of alkyl halides is 3. The maximum Gasteiger partial charge on any atom is 0.416 e. The summed E-state index contributed by atoms with van der Waals surface area (Å²) in [5.74, 6) is -0.652. The summed E-state index contributed by atoms with van der Waals surface area (Å²) in [7, 11) is 0. The highest BCUT2D eigenvalue weighted by Gasteiger charge is 2.33. The Morgan fingerprint density at radius 2 is 1.94 bits per heavy atom. The van der Waals surface area contributed by atoms with Crippen LogP contribution >= 0.6 is 0 Å². The molecule has 0 radical (unpaired) electrons. The Kier molecular flexibility index (Phi) is 2.97. The number of Topliss-reactive ketones (excluding diaryl/α,β-unsaturated/α-hetero) is 1. The highest BCUT2D eigenvalue weighted by molar-refractivity contribution is 5.98. The van der Waals surface area contributed by atoms with E-state index in [2.05, 4.69) is 0 Å². The van der Waals surface area contributed by atoms with Crippen LogP contribution in [0, 0.1) is 10.1 Å². The van der Waals surface area contributed by atoms with Crippen molar-refractivity contribution in [1.82, 2.24) is 0 Å². The molecule has 0 aliphatic carbocycles. The van der Waals surface area contributed by atoms with E-state index in [1.165, 1.54) is 0 Å². The first kappa shape index (κ1) is 12.2. The van der Waals surface area contributed by atoms with Crippen molar-refractivity contribution in [3.8, 4) is 0 Å². The lowest BCUT2D eigenvalue weighted by molar-refractivity contribution is -0.385. The van der Waals surface area contributed by atoms with Crippen molar-refractivity contribution in [1.29, 1.82) is 0 Å². The molecule has 0 spiro atoms. The third-order valence-electron chi connectivity index (χ3n) is 1.90. The maximum absolute atomic E-state index is 12.3. The monoisotopic (exact) mass is 233 g/mol. The molecule has 16 heavy (non-hydrogen) atoms. The summed E-state index contributed by atoms with van der Waals surface area (Å²) in [4.78, 5) is 20.4. The summed E-state index contributed by atoms with van der Waals surface area (Å²) in [6.07, 6.45) is -4.67. The normalized spacial score (nSPS) is 11.2. The number of carbonyl (C=O) groups excluding carboxylic acids is 1. The van der Waals surface area contributed by atoms with Crippen LogP contribution in [-0.2, 0) is 6.18 Å². The van der Waals surface area contributed by atoms with Gasteiger partial charge in [-0.15, -0.1) is 0 Å². The minimum absolute atomic E-state index is 0.335. The maximum atomic E-state index is 12.3. The summed E-state index contributed by atoms with van der Waals surface area (Å²) in [6, 6.07) is 1.81. The second-order valence-corrected chi connectivity index (χ2v) is 3.04. The number of carbonyl (C=O) groups is 1. The van der Waals surface area contributed by atoms with E-state index in [0.717, 1.165) is 13.0 Å². The summed E-state index contributed by atoms with van der Waals surface area (Å²) >= 11 is 0. The standard InChI is InChI=1S/C9H6F3NO3/c1-5(14)7-3-2-6(9(10,11)12)4-8(7)13(15)16/h2-4H,1H3. The molecule has 0 aliphatic heterocycles. The van der Waals surface area contributed by atoms with E-state index >= 15 is 0 Å². The molecule has 0 N–H and O–H groups in total. The van der Waals surface area contributed by atoms with Crippen LogP contribution in [0.2, 0.25) is 0 Å². The fourth-order valence-electron chi connectivity index (χ4n) is 1.16. The zero-order valence-corrected chi connectivity index (χ0v) is 8.04. The van der Waals surface area contributed by atoms with Crippen LogP contribution in [0.4, 0.5) is 18.9 Å². The number of nitro benzene ring substituents is 1. The predicted molar refractivity (Wildman–Crippen MR) is 48.1 cm³/mol. The summed E-state index contributed by atoms with van der Waals surface area (Å²) in [5, 5.41) is 10.5. The number of rotatable bonds is 2. The van der Waals surface area contributed by atoms with Crippen LogP contribution in [0.5, 0.6) is 0 Å². The van der Waals surface area contributed by atoms with E-state index in [1.807, 2.05) is 0 Å². The van der Waals surface area contributed by atoms with Crippen molar-refractivity contribution in [2.24, 2.45) is 0 Å². The Morgan fingerprint density at radius 1 is 1.38 bits per heavy atom. The van der Waals surface area contributed by atoms with Gasteiger partial charge in [0.05, 0.1) is 16.1 Å². The largest absolute Gasteiger partial charge is 0.416 e. The van der Waals surface area contributed by atoms with Gasteiger partial charge in [-0.25, -0.2) is 0 Å². The van der Waals surface area contributed by atoms with Crippen LogP contribution in [0.15, 0.2) is 18.2 Å². The molecule has 1 aromatic carbocycles. The number of hydrogen-bond acceptors (Lipinski definition) is 3. The third-order valence-corrected chi connectivity index (χ3v) is 1.90. The molecule has 0 aromatic heterocycles. The van der Waals surface area contributed by atoms with Crippen LogP contribution in [-0.4, -0.2) is 10.7 Å². The molecule has 86 valence electrons. The van der Waals surface area contributed by atoms with Gasteiger partial charge >= 0.3 is 6.18 Å². The molecule has 0 aliphatic rings. The quantitative estimate of drug-likeness (QED) is 0.448.